The molecule has 0 spiro atoms. The van der Waals surface area contributed by atoms with Crippen LogP contribution in [0.1, 0.15) is 49.4 Å². The Morgan fingerprint density at radius 2 is 1.87 bits per heavy atom. The third kappa shape index (κ3) is 4.77. The van der Waals surface area contributed by atoms with E-state index in [0.717, 1.165) is 35.9 Å². The first kappa shape index (κ1) is 22.2. The van der Waals surface area contributed by atoms with Gasteiger partial charge < -0.3 is 0 Å². The summed E-state index contributed by atoms with van der Waals surface area (Å²) in [6.07, 6.45) is 5.10. The van der Waals surface area contributed by atoms with E-state index in [2.05, 4.69) is 10.3 Å². The normalized spacial score (nSPS) is 15.5. The van der Waals surface area contributed by atoms with Crippen LogP contribution in [0.25, 0.3) is 10.2 Å². The minimum atomic E-state index is -3.59. The lowest BCUT2D eigenvalue weighted by Crippen LogP contribution is -2.41. The summed E-state index contributed by atoms with van der Waals surface area (Å²) in [5.74, 6) is -0.339. The van der Waals surface area contributed by atoms with Crippen molar-refractivity contribution in [2.45, 2.75) is 50.0 Å². The summed E-state index contributed by atoms with van der Waals surface area (Å²) in [5, 5.41) is 3.85. The summed E-state index contributed by atoms with van der Waals surface area (Å²) in [5.41, 5.74) is 1.13. The zero-order valence-corrected chi connectivity index (χ0v) is 19.6. The van der Waals surface area contributed by atoms with Crippen LogP contribution in [0.2, 0.25) is 5.02 Å². The summed E-state index contributed by atoms with van der Waals surface area (Å²) < 4.78 is 28.8. The summed E-state index contributed by atoms with van der Waals surface area (Å²) >= 11 is 7.34. The number of carbonyl (C=O) groups is 1. The van der Waals surface area contributed by atoms with Gasteiger partial charge in [-0.3, -0.25) is 10.1 Å². The Morgan fingerprint density at radius 1 is 1.16 bits per heavy atom. The van der Waals surface area contributed by atoms with Crippen molar-refractivity contribution in [3.05, 3.63) is 53.1 Å². The molecule has 2 aromatic carbocycles. The topological polar surface area (TPSA) is 79.4 Å². The zero-order valence-electron chi connectivity index (χ0n) is 17.2. The van der Waals surface area contributed by atoms with Gasteiger partial charge in [-0.15, -0.1) is 0 Å². The van der Waals surface area contributed by atoms with Gasteiger partial charge in [0.25, 0.3) is 5.91 Å². The first-order valence-corrected chi connectivity index (χ1v) is 13.0. The first-order valence-electron chi connectivity index (χ1n) is 10.4. The third-order valence-electron chi connectivity index (χ3n) is 5.59. The lowest BCUT2D eigenvalue weighted by atomic mass is 9.95. The fourth-order valence-corrected chi connectivity index (χ4v) is 6.86. The smallest absolute Gasteiger partial charge is 0.257 e. The molecule has 164 valence electrons. The molecule has 0 aliphatic heterocycles. The van der Waals surface area contributed by atoms with Crippen molar-refractivity contribution in [2.24, 2.45) is 0 Å². The molecule has 1 heterocycles. The number of rotatable bonds is 6. The molecule has 1 aliphatic rings. The Morgan fingerprint density at radius 3 is 2.55 bits per heavy atom. The van der Waals surface area contributed by atoms with Crippen LogP contribution < -0.4 is 5.32 Å². The van der Waals surface area contributed by atoms with Gasteiger partial charge in [-0.1, -0.05) is 49.1 Å². The van der Waals surface area contributed by atoms with Crippen molar-refractivity contribution in [3.63, 3.8) is 0 Å². The maximum atomic E-state index is 13.2. The van der Waals surface area contributed by atoms with Crippen LogP contribution in [-0.4, -0.2) is 36.2 Å². The summed E-state index contributed by atoms with van der Waals surface area (Å²) in [4.78, 5) is 17.2. The molecule has 0 bridgehead atoms. The molecule has 9 heteroatoms. The SMILES string of the molecule is CCN(C1CCCCC1)S(=O)(=O)c1ccc(C(=O)Nc2nc3ccc(Cl)cc3s2)cc1. The van der Waals surface area contributed by atoms with E-state index in [0.29, 0.717) is 22.3 Å². The van der Waals surface area contributed by atoms with Crippen molar-refractivity contribution in [1.29, 1.82) is 0 Å². The molecule has 6 nitrogen and oxygen atoms in total. The highest BCUT2D eigenvalue weighted by atomic mass is 35.5. The van der Waals surface area contributed by atoms with Gasteiger partial charge in [0.1, 0.15) is 0 Å². The molecule has 1 aliphatic carbocycles. The number of amides is 1. The number of halogens is 1. The van der Waals surface area contributed by atoms with Gasteiger partial charge in [0, 0.05) is 23.2 Å². The molecule has 1 N–H and O–H groups in total. The van der Waals surface area contributed by atoms with Gasteiger partial charge in [-0.05, 0) is 55.3 Å². The van der Waals surface area contributed by atoms with Crippen LogP contribution in [0, 0.1) is 0 Å². The van der Waals surface area contributed by atoms with Gasteiger partial charge in [-0.25, -0.2) is 13.4 Å². The molecule has 0 saturated heterocycles. The number of benzene rings is 2. The second-order valence-electron chi connectivity index (χ2n) is 7.61. The van der Waals surface area contributed by atoms with Crippen molar-refractivity contribution in [1.82, 2.24) is 9.29 Å². The summed E-state index contributed by atoms with van der Waals surface area (Å²) in [6.45, 7) is 2.32. The van der Waals surface area contributed by atoms with E-state index in [9.17, 15) is 13.2 Å². The Balaban J connectivity index is 1.50. The molecule has 0 radical (unpaired) electrons. The lowest BCUT2D eigenvalue weighted by molar-refractivity contribution is 0.102. The van der Waals surface area contributed by atoms with Gasteiger partial charge in [0.05, 0.1) is 15.1 Å². The maximum absolute atomic E-state index is 13.2. The number of hydrogen-bond donors (Lipinski definition) is 1. The highest BCUT2D eigenvalue weighted by Crippen LogP contribution is 2.30. The number of hydrogen-bond acceptors (Lipinski definition) is 5. The molecule has 1 fully saturated rings. The quantitative estimate of drug-likeness (QED) is 0.505. The number of carbonyl (C=O) groups excluding carboxylic acids is 1. The Kier molecular flexibility index (Phi) is 6.62. The number of anilines is 1. The predicted octanol–water partition coefficient (Wildman–Crippen LogP) is 5.55. The molecule has 1 saturated carbocycles. The standard InChI is InChI=1S/C22H24ClN3O3S2/c1-2-26(17-6-4-3-5-7-17)31(28,29)18-11-8-15(9-12-18)21(27)25-22-24-19-13-10-16(23)14-20(19)30-22/h8-14,17H,2-7H2,1H3,(H,24,25,27). The Hall–Kier alpha value is -2.00. The van der Waals surface area contributed by atoms with Crippen molar-refractivity contribution >= 4 is 54.2 Å². The molecule has 31 heavy (non-hydrogen) atoms. The van der Waals surface area contributed by atoms with Crippen LogP contribution in [0.4, 0.5) is 5.13 Å². The average molecular weight is 478 g/mol. The van der Waals surface area contributed by atoms with E-state index in [4.69, 9.17) is 11.6 Å². The van der Waals surface area contributed by atoms with Gasteiger partial charge in [-0.2, -0.15) is 4.31 Å². The largest absolute Gasteiger partial charge is 0.298 e. The highest BCUT2D eigenvalue weighted by Gasteiger charge is 2.31. The van der Waals surface area contributed by atoms with Gasteiger partial charge in [0.15, 0.2) is 5.13 Å². The summed E-state index contributed by atoms with van der Waals surface area (Å²) in [7, 11) is -3.59. The predicted molar refractivity (Wildman–Crippen MR) is 125 cm³/mol. The van der Waals surface area contributed by atoms with Crippen molar-refractivity contribution in [3.8, 4) is 0 Å². The molecule has 3 aromatic rings. The van der Waals surface area contributed by atoms with Crippen LogP contribution in [0.3, 0.4) is 0 Å². The van der Waals surface area contributed by atoms with E-state index in [1.54, 1.807) is 34.6 Å². The van der Waals surface area contributed by atoms with Gasteiger partial charge in [0.2, 0.25) is 10.0 Å². The fraction of sp³-hybridized carbons (Fsp3) is 0.364. The molecule has 0 unspecified atom stereocenters. The maximum Gasteiger partial charge on any atom is 0.257 e. The number of nitrogens with zero attached hydrogens (tertiary/aromatic N) is 2. The van der Waals surface area contributed by atoms with E-state index < -0.39 is 10.0 Å². The fourth-order valence-electron chi connectivity index (χ4n) is 4.03. The van der Waals surface area contributed by atoms with Crippen LogP contribution in [0.15, 0.2) is 47.4 Å². The number of aromatic nitrogens is 1. The molecule has 0 atom stereocenters. The van der Waals surface area contributed by atoms with E-state index in [-0.39, 0.29) is 16.8 Å². The zero-order chi connectivity index (χ0) is 22.0. The molecule has 1 aromatic heterocycles. The molecular weight excluding hydrogens is 454 g/mol. The average Bonchev–Trinajstić information content (AvgIpc) is 3.16. The van der Waals surface area contributed by atoms with E-state index >= 15 is 0 Å². The Bertz CT molecular complexity index is 1190. The lowest BCUT2D eigenvalue weighted by Gasteiger charge is -2.32. The van der Waals surface area contributed by atoms with Crippen LogP contribution in [-0.2, 0) is 10.0 Å². The van der Waals surface area contributed by atoms with E-state index in [1.807, 2.05) is 6.92 Å². The van der Waals surface area contributed by atoms with Crippen molar-refractivity contribution in [2.75, 3.05) is 11.9 Å². The molecular formula is C22H24ClN3O3S2. The van der Waals surface area contributed by atoms with Gasteiger partial charge >= 0.3 is 0 Å². The third-order valence-corrected chi connectivity index (χ3v) is 8.80. The van der Waals surface area contributed by atoms with Crippen molar-refractivity contribution < 1.29 is 13.2 Å². The number of nitrogens with one attached hydrogen (secondary N) is 1. The van der Waals surface area contributed by atoms with E-state index in [1.165, 1.54) is 29.9 Å². The van der Waals surface area contributed by atoms with Crippen LogP contribution in [0.5, 0.6) is 0 Å². The Labute approximate surface area is 191 Å². The summed E-state index contributed by atoms with van der Waals surface area (Å²) in [6, 6.07) is 11.5. The number of thiazole rings is 1. The minimum absolute atomic E-state index is 0.0549. The molecule has 1 amide bonds. The number of sulfonamides is 1. The molecule has 4 rings (SSSR count). The second kappa shape index (κ2) is 9.24. The first-order chi connectivity index (χ1) is 14.9. The second-order valence-corrected chi connectivity index (χ2v) is 11.0. The minimum Gasteiger partial charge on any atom is -0.298 e. The highest BCUT2D eigenvalue weighted by molar-refractivity contribution is 7.89. The monoisotopic (exact) mass is 477 g/mol. The van der Waals surface area contributed by atoms with Crippen LogP contribution >= 0.6 is 22.9 Å². The number of fused-ring (bicyclic) bond motifs is 1.